The topological polar surface area (TPSA) is 118 Å². The number of aliphatic hydroxyl groups is 1. The molecule has 9 heteroatoms. The molecule has 0 radical (unpaired) electrons. The van der Waals surface area contributed by atoms with Gasteiger partial charge < -0.3 is 5.11 Å². The lowest BCUT2D eigenvalue weighted by atomic mass is 10.3. The van der Waals surface area contributed by atoms with Gasteiger partial charge in [0, 0.05) is 13.6 Å². The highest BCUT2D eigenvalue weighted by atomic mass is 32.2. The number of hydrogen-bond donors (Lipinski definition) is 2. The van der Waals surface area contributed by atoms with Crippen LogP contribution in [0.1, 0.15) is 13.3 Å². The van der Waals surface area contributed by atoms with Gasteiger partial charge >= 0.3 is 0 Å². The first-order valence-corrected chi connectivity index (χ1v) is 8.81. The fourth-order valence-corrected chi connectivity index (χ4v) is 3.35. The van der Waals surface area contributed by atoms with E-state index in [1.54, 1.807) is 6.92 Å². The summed E-state index contributed by atoms with van der Waals surface area (Å²) in [4.78, 5) is -0.417. The number of sulfonamides is 2. The maximum Gasteiger partial charge on any atom is 0.242 e. The van der Waals surface area contributed by atoms with Crippen molar-refractivity contribution >= 4 is 20.0 Å². The highest BCUT2D eigenvalue weighted by Crippen LogP contribution is 2.18. The molecule has 1 aromatic rings. The van der Waals surface area contributed by atoms with E-state index in [0.29, 0.717) is 0 Å². The van der Waals surface area contributed by atoms with Crippen LogP contribution in [0.5, 0.6) is 0 Å². The van der Waals surface area contributed by atoms with E-state index in [0.717, 1.165) is 10.4 Å². The minimum atomic E-state index is -3.96. The average Bonchev–Trinajstić information content (AvgIpc) is 2.34. The lowest BCUT2D eigenvalue weighted by molar-refractivity contribution is 0.177. The summed E-state index contributed by atoms with van der Waals surface area (Å²) >= 11 is 0. The van der Waals surface area contributed by atoms with E-state index in [1.807, 2.05) is 0 Å². The smallest absolute Gasteiger partial charge is 0.242 e. The lowest BCUT2D eigenvalue weighted by Crippen LogP contribution is -2.29. The maximum absolute atomic E-state index is 12.2. The first-order valence-electron chi connectivity index (χ1n) is 5.82. The van der Waals surface area contributed by atoms with Gasteiger partial charge in [-0.25, -0.2) is 26.3 Å². The minimum absolute atomic E-state index is 0.125. The predicted molar refractivity (Wildman–Crippen MR) is 73.9 cm³/mol. The van der Waals surface area contributed by atoms with Crippen molar-refractivity contribution in [3.8, 4) is 0 Å². The van der Waals surface area contributed by atoms with Crippen LogP contribution in [0.25, 0.3) is 0 Å². The summed E-state index contributed by atoms with van der Waals surface area (Å²) in [6, 6.07) is 4.85. The molecule has 20 heavy (non-hydrogen) atoms. The molecule has 0 aliphatic carbocycles. The zero-order valence-electron chi connectivity index (χ0n) is 11.2. The van der Waals surface area contributed by atoms with Crippen molar-refractivity contribution in [3.63, 3.8) is 0 Å². The fourth-order valence-electron chi connectivity index (χ4n) is 1.48. The van der Waals surface area contributed by atoms with Crippen LogP contribution in [0.4, 0.5) is 0 Å². The molecular formula is C11H18N2O5S2. The van der Waals surface area contributed by atoms with Crippen molar-refractivity contribution in [3.05, 3.63) is 24.3 Å². The third-order valence-corrected chi connectivity index (χ3v) is 5.47. The van der Waals surface area contributed by atoms with Crippen LogP contribution >= 0.6 is 0 Å². The van der Waals surface area contributed by atoms with Crippen LogP contribution in [0.15, 0.2) is 34.1 Å². The van der Waals surface area contributed by atoms with E-state index in [1.165, 1.54) is 25.2 Å². The Kier molecular flexibility index (Phi) is 5.27. The van der Waals surface area contributed by atoms with Gasteiger partial charge in [-0.3, -0.25) is 0 Å². The number of primary sulfonamides is 1. The first-order chi connectivity index (χ1) is 9.05. The third-order valence-electron chi connectivity index (χ3n) is 2.70. The monoisotopic (exact) mass is 322 g/mol. The lowest BCUT2D eigenvalue weighted by Gasteiger charge is -2.18. The second-order valence-electron chi connectivity index (χ2n) is 4.48. The summed E-state index contributed by atoms with van der Waals surface area (Å²) in [6.07, 6.45) is -0.339. The van der Waals surface area contributed by atoms with Gasteiger partial charge in [0.2, 0.25) is 20.0 Å². The number of benzene rings is 1. The van der Waals surface area contributed by atoms with Crippen molar-refractivity contribution in [2.24, 2.45) is 5.14 Å². The van der Waals surface area contributed by atoms with Crippen LogP contribution in [0.3, 0.4) is 0 Å². The Labute approximate surface area is 119 Å². The Morgan fingerprint density at radius 2 is 1.80 bits per heavy atom. The predicted octanol–water partition coefficient (Wildman–Crippen LogP) is -0.275. The molecule has 0 aromatic heterocycles. The van der Waals surface area contributed by atoms with E-state index >= 15 is 0 Å². The van der Waals surface area contributed by atoms with Crippen LogP contribution in [-0.4, -0.2) is 45.9 Å². The van der Waals surface area contributed by atoms with E-state index in [9.17, 15) is 21.9 Å². The van der Waals surface area contributed by atoms with Gasteiger partial charge in [-0.15, -0.1) is 0 Å². The van der Waals surface area contributed by atoms with Crippen molar-refractivity contribution in [1.82, 2.24) is 4.31 Å². The Hall–Kier alpha value is -1.00. The van der Waals surface area contributed by atoms with E-state index in [-0.39, 0.29) is 22.8 Å². The molecule has 1 rings (SSSR count). The molecule has 0 saturated heterocycles. The van der Waals surface area contributed by atoms with Crippen molar-refractivity contribution in [1.29, 1.82) is 0 Å². The normalized spacial score (nSPS) is 14.4. The second-order valence-corrected chi connectivity index (χ2v) is 8.09. The number of rotatable bonds is 6. The van der Waals surface area contributed by atoms with Gasteiger partial charge in [0.05, 0.1) is 15.9 Å². The van der Waals surface area contributed by atoms with Crippen LogP contribution in [0.2, 0.25) is 0 Å². The molecule has 0 aliphatic rings. The molecular weight excluding hydrogens is 304 g/mol. The molecule has 7 nitrogen and oxygen atoms in total. The minimum Gasteiger partial charge on any atom is -0.393 e. The Morgan fingerprint density at radius 1 is 1.25 bits per heavy atom. The Balaban J connectivity index is 3.10. The SMILES string of the molecule is CC(O)CCN(C)S(=O)(=O)c1cccc(S(N)(=O)=O)c1. The van der Waals surface area contributed by atoms with Gasteiger partial charge in [-0.05, 0) is 31.5 Å². The first kappa shape index (κ1) is 17.1. The van der Waals surface area contributed by atoms with Gasteiger partial charge in [-0.1, -0.05) is 6.07 Å². The highest BCUT2D eigenvalue weighted by molar-refractivity contribution is 7.90. The quantitative estimate of drug-likeness (QED) is 0.747. The Bertz CT molecular complexity index is 668. The molecule has 0 amide bonds. The van der Waals surface area contributed by atoms with Crippen LogP contribution < -0.4 is 5.14 Å². The third kappa shape index (κ3) is 4.25. The number of nitrogens with zero attached hydrogens (tertiary/aromatic N) is 1. The molecule has 0 bridgehead atoms. The standard InChI is InChI=1S/C11H18N2O5S2/c1-9(14)6-7-13(2)20(17,18)11-5-3-4-10(8-11)19(12,15)16/h3-5,8-9,14H,6-7H2,1-2H3,(H2,12,15,16). The molecule has 0 spiro atoms. The second kappa shape index (κ2) is 6.19. The Morgan fingerprint density at radius 3 is 2.30 bits per heavy atom. The zero-order valence-corrected chi connectivity index (χ0v) is 12.9. The number of nitrogens with two attached hydrogens (primary N) is 1. The molecule has 0 heterocycles. The zero-order chi connectivity index (χ0) is 15.6. The summed E-state index contributed by atoms with van der Waals surface area (Å²) in [5, 5.41) is 14.1. The average molecular weight is 322 g/mol. The van der Waals surface area contributed by atoms with E-state index in [4.69, 9.17) is 5.14 Å². The number of aliphatic hydroxyl groups excluding tert-OH is 1. The summed E-state index contributed by atoms with van der Waals surface area (Å²) in [5.41, 5.74) is 0. The summed E-state index contributed by atoms with van der Waals surface area (Å²) < 4.78 is 48.0. The molecule has 0 aliphatic heterocycles. The molecule has 1 atom stereocenters. The maximum atomic E-state index is 12.2. The van der Waals surface area contributed by atoms with Crippen molar-refractivity contribution < 1.29 is 21.9 Å². The molecule has 1 unspecified atom stereocenters. The number of hydrogen-bond acceptors (Lipinski definition) is 5. The largest absolute Gasteiger partial charge is 0.393 e. The van der Waals surface area contributed by atoms with E-state index < -0.39 is 26.2 Å². The highest BCUT2D eigenvalue weighted by Gasteiger charge is 2.22. The van der Waals surface area contributed by atoms with Gasteiger partial charge in [0.1, 0.15) is 0 Å². The molecule has 0 fully saturated rings. The van der Waals surface area contributed by atoms with Crippen LogP contribution in [-0.2, 0) is 20.0 Å². The fraction of sp³-hybridized carbons (Fsp3) is 0.455. The van der Waals surface area contributed by atoms with Gasteiger partial charge in [-0.2, -0.15) is 0 Å². The molecule has 3 N–H and O–H groups in total. The van der Waals surface area contributed by atoms with Crippen molar-refractivity contribution in [2.45, 2.75) is 29.2 Å². The van der Waals surface area contributed by atoms with Crippen LogP contribution in [0, 0.1) is 0 Å². The summed E-state index contributed by atoms with van der Waals surface area (Å²) in [6.45, 7) is 1.68. The summed E-state index contributed by atoms with van der Waals surface area (Å²) in [5.74, 6) is 0. The van der Waals surface area contributed by atoms with Gasteiger partial charge in [0.25, 0.3) is 0 Å². The van der Waals surface area contributed by atoms with Crippen molar-refractivity contribution in [2.75, 3.05) is 13.6 Å². The van der Waals surface area contributed by atoms with Gasteiger partial charge in [0.15, 0.2) is 0 Å². The molecule has 0 saturated carbocycles. The summed E-state index contributed by atoms with van der Waals surface area (Å²) in [7, 11) is -6.41. The molecule has 114 valence electrons. The van der Waals surface area contributed by atoms with E-state index in [2.05, 4.69) is 0 Å². The molecule has 1 aromatic carbocycles.